The van der Waals surface area contributed by atoms with Crippen LogP contribution in [-0.2, 0) is 4.79 Å². The highest BCUT2D eigenvalue weighted by atomic mass is 16.7. The number of nitrogens with zero attached hydrogens (tertiary/aromatic N) is 1. The molecule has 0 radical (unpaired) electrons. The summed E-state index contributed by atoms with van der Waals surface area (Å²) >= 11 is 0. The molecule has 1 unspecified atom stereocenters. The number of benzene rings is 1. The Morgan fingerprint density at radius 3 is 2.91 bits per heavy atom. The van der Waals surface area contributed by atoms with Crippen LogP contribution < -0.4 is 20.1 Å². The lowest BCUT2D eigenvalue weighted by Crippen LogP contribution is -2.47. The van der Waals surface area contributed by atoms with Crippen molar-refractivity contribution in [3.05, 3.63) is 23.8 Å². The summed E-state index contributed by atoms with van der Waals surface area (Å²) < 4.78 is 10.6. The molecule has 124 valence electrons. The van der Waals surface area contributed by atoms with E-state index in [2.05, 4.69) is 10.6 Å². The van der Waals surface area contributed by atoms with E-state index >= 15 is 0 Å². The number of nitrogens with one attached hydrogen (secondary N) is 2. The van der Waals surface area contributed by atoms with Crippen molar-refractivity contribution in [3.8, 4) is 11.5 Å². The van der Waals surface area contributed by atoms with E-state index in [0.29, 0.717) is 43.1 Å². The average molecular weight is 319 g/mol. The van der Waals surface area contributed by atoms with Crippen LogP contribution in [0.1, 0.15) is 23.2 Å². The number of ether oxygens (including phenoxy) is 2. The molecule has 1 saturated heterocycles. The van der Waals surface area contributed by atoms with Crippen LogP contribution in [0, 0.1) is 0 Å². The van der Waals surface area contributed by atoms with Gasteiger partial charge in [-0.25, -0.2) is 0 Å². The topological polar surface area (TPSA) is 79.9 Å². The Morgan fingerprint density at radius 1 is 1.26 bits per heavy atom. The molecule has 23 heavy (non-hydrogen) atoms. The molecule has 2 aliphatic rings. The third kappa shape index (κ3) is 3.24. The van der Waals surface area contributed by atoms with E-state index in [1.165, 1.54) is 0 Å². The Balaban J connectivity index is 1.69. The number of fused-ring (bicyclic) bond motifs is 1. The average Bonchev–Trinajstić information content (AvgIpc) is 3.22. The predicted molar refractivity (Wildman–Crippen MR) is 83.6 cm³/mol. The summed E-state index contributed by atoms with van der Waals surface area (Å²) in [6.45, 7) is 2.02. The first-order valence-electron chi connectivity index (χ1n) is 7.83. The standard InChI is InChI=1S/C16H21N3O4/c1-17-6-7-18-15(20)12-3-2-8-19(12)16(21)11-4-5-13-14(9-11)23-10-22-13/h4-5,9,12,17H,2-3,6-8,10H2,1H3,(H,18,20). The van der Waals surface area contributed by atoms with Gasteiger partial charge in [0.05, 0.1) is 0 Å². The molecule has 1 atom stereocenters. The molecule has 0 aromatic heterocycles. The second-order valence-electron chi connectivity index (χ2n) is 5.62. The fourth-order valence-electron chi connectivity index (χ4n) is 2.91. The molecule has 0 spiro atoms. The van der Waals surface area contributed by atoms with Gasteiger partial charge in [0.25, 0.3) is 5.91 Å². The van der Waals surface area contributed by atoms with Gasteiger partial charge in [-0.3, -0.25) is 9.59 Å². The van der Waals surface area contributed by atoms with Gasteiger partial charge >= 0.3 is 0 Å². The van der Waals surface area contributed by atoms with Gasteiger partial charge in [0.15, 0.2) is 11.5 Å². The smallest absolute Gasteiger partial charge is 0.254 e. The number of hydrogen-bond acceptors (Lipinski definition) is 5. The van der Waals surface area contributed by atoms with Crippen LogP contribution in [-0.4, -0.2) is 56.2 Å². The minimum atomic E-state index is -0.398. The van der Waals surface area contributed by atoms with E-state index in [4.69, 9.17) is 9.47 Å². The first kappa shape index (κ1) is 15.6. The summed E-state index contributed by atoms with van der Waals surface area (Å²) in [5.41, 5.74) is 0.518. The molecular weight excluding hydrogens is 298 g/mol. The molecule has 0 bridgehead atoms. The minimum absolute atomic E-state index is 0.0909. The van der Waals surface area contributed by atoms with Crippen LogP contribution in [0.4, 0.5) is 0 Å². The molecule has 1 aromatic carbocycles. The van der Waals surface area contributed by atoms with Crippen LogP contribution in [0.3, 0.4) is 0 Å². The lowest BCUT2D eigenvalue weighted by molar-refractivity contribution is -0.124. The number of carbonyl (C=O) groups excluding carboxylic acids is 2. The lowest BCUT2D eigenvalue weighted by Gasteiger charge is -2.24. The number of carbonyl (C=O) groups is 2. The van der Waals surface area contributed by atoms with E-state index in [0.717, 1.165) is 6.42 Å². The predicted octanol–water partition coefficient (Wildman–Crippen LogP) is 0.356. The molecule has 2 N–H and O–H groups in total. The van der Waals surface area contributed by atoms with Gasteiger partial charge in [0, 0.05) is 25.2 Å². The normalized spacial score (nSPS) is 19.0. The molecule has 3 rings (SSSR count). The quantitative estimate of drug-likeness (QED) is 0.766. The Bertz CT molecular complexity index is 605. The highest BCUT2D eigenvalue weighted by Crippen LogP contribution is 2.33. The van der Waals surface area contributed by atoms with Crippen LogP contribution >= 0.6 is 0 Å². The van der Waals surface area contributed by atoms with Crippen molar-refractivity contribution in [3.63, 3.8) is 0 Å². The van der Waals surface area contributed by atoms with Crippen molar-refractivity contribution in [2.24, 2.45) is 0 Å². The summed E-state index contributed by atoms with van der Waals surface area (Å²) in [6.07, 6.45) is 1.53. The first-order valence-corrected chi connectivity index (χ1v) is 7.83. The molecule has 7 nitrogen and oxygen atoms in total. The molecule has 2 aliphatic heterocycles. The maximum absolute atomic E-state index is 12.7. The van der Waals surface area contributed by atoms with E-state index in [1.54, 1.807) is 23.1 Å². The monoisotopic (exact) mass is 319 g/mol. The van der Waals surface area contributed by atoms with Crippen LogP contribution in [0.5, 0.6) is 11.5 Å². The molecule has 0 aliphatic carbocycles. The number of amides is 2. The number of likely N-dealkylation sites (N-methyl/N-ethyl adjacent to an activating group) is 1. The highest BCUT2D eigenvalue weighted by molar-refractivity contribution is 5.98. The van der Waals surface area contributed by atoms with Crippen molar-refractivity contribution < 1.29 is 19.1 Å². The van der Waals surface area contributed by atoms with Crippen LogP contribution in [0.15, 0.2) is 18.2 Å². The molecule has 0 saturated carbocycles. The molecule has 2 amide bonds. The van der Waals surface area contributed by atoms with E-state index in [-0.39, 0.29) is 18.6 Å². The summed E-state index contributed by atoms with van der Waals surface area (Å²) in [4.78, 5) is 26.7. The molecular formula is C16H21N3O4. The number of likely N-dealkylation sites (tertiary alicyclic amines) is 1. The van der Waals surface area contributed by atoms with Crippen molar-refractivity contribution in [2.45, 2.75) is 18.9 Å². The van der Waals surface area contributed by atoms with Gasteiger partial charge in [0.2, 0.25) is 12.7 Å². The first-order chi connectivity index (χ1) is 11.2. The third-order valence-corrected chi connectivity index (χ3v) is 4.11. The van der Waals surface area contributed by atoms with Crippen molar-refractivity contribution >= 4 is 11.8 Å². The van der Waals surface area contributed by atoms with Crippen molar-refractivity contribution in [2.75, 3.05) is 33.5 Å². The zero-order chi connectivity index (χ0) is 16.2. The largest absolute Gasteiger partial charge is 0.454 e. The Labute approximate surface area is 134 Å². The zero-order valence-corrected chi connectivity index (χ0v) is 13.1. The summed E-state index contributed by atoms with van der Waals surface area (Å²) in [7, 11) is 1.83. The highest BCUT2D eigenvalue weighted by Gasteiger charge is 2.34. The van der Waals surface area contributed by atoms with Gasteiger partial charge in [-0.05, 0) is 38.1 Å². The van der Waals surface area contributed by atoms with E-state index in [9.17, 15) is 9.59 Å². The molecule has 1 aromatic rings. The zero-order valence-electron chi connectivity index (χ0n) is 13.1. The fraction of sp³-hybridized carbons (Fsp3) is 0.500. The minimum Gasteiger partial charge on any atom is -0.454 e. The van der Waals surface area contributed by atoms with Crippen LogP contribution in [0.2, 0.25) is 0 Å². The van der Waals surface area contributed by atoms with Gasteiger partial charge in [-0.15, -0.1) is 0 Å². The molecule has 2 heterocycles. The van der Waals surface area contributed by atoms with Gasteiger partial charge in [-0.1, -0.05) is 0 Å². The lowest BCUT2D eigenvalue weighted by atomic mass is 10.1. The molecule has 7 heteroatoms. The Hall–Kier alpha value is -2.28. The summed E-state index contributed by atoms with van der Waals surface area (Å²) in [5, 5.41) is 5.84. The van der Waals surface area contributed by atoms with Gasteiger partial charge in [-0.2, -0.15) is 0 Å². The fourth-order valence-corrected chi connectivity index (χ4v) is 2.91. The maximum atomic E-state index is 12.7. The number of hydrogen-bond donors (Lipinski definition) is 2. The van der Waals surface area contributed by atoms with Gasteiger partial charge < -0.3 is 25.0 Å². The summed E-state index contributed by atoms with van der Waals surface area (Å²) in [6, 6.07) is 4.72. The summed E-state index contributed by atoms with van der Waals surface area (Å²) in [5.74, 6) is 0.982. The SMILES string of the molecule is CNCCNC(=O)C1CCCN1C(=O)c1ccc2c(c1)OCO2. The Morgan fingerprint density at radius 2 is 2.09 bits per heavy atom. The van der Waals surface area contributed by atoms with Gasteiger partial charge in [0.1, 0.15) is 6.04 Å². The second kappa shape index (κ2) is 6.87. The third-order valence-electron chi connectivity index (χ3n) is 4.11. The van der Waals surface area contributed by atoms with E-state index < -0.39 is 6.04 Å². The van der Waals surface area contributed by atoms with Crippen molar-refractivity contribution in [1.82, 2.24) is 15.5 Å². The van der Waals surface area contributed by atoms with Crippen LogP contribution in [0.25, 0.3) is 0 Å². The molecule has 1 fully saturated rings. The Kier molecular flexibility index (Phi) is 4.66. The van der Waals surface area contributed by atoms with E-state index in [1.807, 2.05) is 7.05 Å². The maximum Gasteiger partial charge on any atom is 0.254 e. The van der Waals surface area contributed by atoms with Crippen molar-refractivity contribution in [1.29, 1.82) is 0 Å². The number of rotatable bonds is 5. The second-order valence-corrected chi connectivity index (χ2v) is 5.62.